The lowest BCUT2D eigenvalue weighted by molar-refractivity contribution is -0.116. The highest BCUT2D eigenvalue weighted by Crippen LogP contribution is 2.18. The summed E-state index contributed by atoms with van der Waals surface area (Å²) in [4.78, 5) is 11.7. The molecule has 0 saturated carbocycles. The van der Waals surface area contributed by atoms with E-state index in [1.54, 1.807) is 12.1 Å². The van der Waals surface area contributed by atoms with Gasteiger partial charge in [-0.2, -0.15) is 11.8 Å². The summed E-state index contributed by atoms with van der Waals surface area (Å²) in [6, 6.07) is 7.21. The molecule has 1 atom stereocenters. The van der Waals surface area contributed by atoms with Crippen molar-refractivity contribution in [3.05, 3.63) is 24.3 Å². The number of ether oxygens (including phenoxy) is 1. The van der Waals surface area contributed by atoms with Crippen molar-refractivity contribution in [1.82, 2.24) is 0 Å². The highest BCUT2D eigenvalue weighted by molar-refractivity contribution is 7.99. The van der Waals surface area contributed by atoms with Crippen molar-refractivity contribution in [1.29, 1.82) is 0 Å². The Bertz CT molecular complexity index is 416. The summed E-state index contributed by atoms with van der Waals surface area (Å²) in [7, 11) is 0. The third-order valence-electron chi connectivity index (χ3n) is 3.21. The van der Waals surface area contributed by atoms with Crippen LogP contribution in [0, 0.1) is 0 Å². The predicted molar refractivity (Wildman–Crippen MR) is 85.0 cm³/mol. The molecule has 5 heteroatoms. The van der Waals surface area contributed by atoms with Gasteiger partial charge in [-0.3, -0.25) is 4.79 Å². The van der Waals surface area contributed by atoms with Crippen LogP contribution in [-0.4, -0.2) is 30.1 Å². The maximum atomic E-state index is 11.7. The van der Waals surface area contributed by atoms with Gasteiger partial charge in [-0.1, -0.05) is 0 Å². The molecule has 0 spiro atoms. The summed E-state index contributed by atoms with van der Waals surface area (Å²) in [5.41, 5.74) is 7.10. The maximum Gasteiger partial charge on any atom is 0.224 e. The molecule has 1 aliphatic rings. The van der Waals surface area contributed by atoms with Crippen LogP contribution in [0.3, 0.4) is 0 Å². The molecule has 1 aliphatic heterocycles. The number of thioether (sulfide) groups is 1. The van der Waals surface area contributed by atoms with Gasteiger partial charge in [0.15, 0.2) is 0 Å². The molecule has 1 aromatic rings. The van der Waals surface area contributed by atoms with Crippen LogP contribution in [0.2, 0.25) is 0 Å². The van der Waals surface area contributed by atoms with Gasteiger partial charge in [-0.25, -0.2) is 0 Å². The van der Waals surface area contributed by atoms with Crippen molar-refractivity contribution in [2.45, 2.75) is 31.8 Å². The van der Waals surface area contributed by atoms with E-state index in [-0.39, 0.29) is 5.91 Å². The van der Waals surface area contributed by atoms with Crippen molar-refractivity contribution in [3.63, 3.8) is 0 Å². The zero-order chi connectivity index (χ0) is 14.2. The molecular formula is C15H22N2O2S. The number of anilines is 2. The Morgan fingerprint density at radius 3 is 2.90 bits per heavy atom. The van der Waals surface area contributed by atoms with E-state index in [1.807, 2.05) is 23.9 Å². The Kier molecular flexibility index (Phi) is 6.21. The molecular weight excluding hydrogens is 272 g/mol. The minimum atomic E-state index is 0.0625. The molecule has 0 bridgehead atoms. The van der Waals surface area contributed by atoms with Crippen molar-refractivity contribution in [2.75, 3.05) is 29.2 Å². The second-order valence-electron chi connectivity index (χ2n) is 4.98. The lowest BCUT2D eigenvalue weighted by Gasteiger charge is -2.08. The highest BCUT2D eigenvalue weighted by atomic mass is 32.2. The van der Waals surface area contributed by atoms with Gasteiger partial charge in [-0.05, 0) is 49.3 Å². The molecule has 1 heterocycles. The van der Waals surface area contributed by atoms with Crippen molar-refractivity contribution in [3.8, 4) is 0 Å². The minimum absolute atomic E-state index is 0.0625. The van der Waals surface area contributed by atoms with E-state index in [0.29, 0.717) is 18.2 Å². The molecule has 110 valence electrons. The molecule has 1 unspecified atom stereocenters. The quantitative estimate of drug-likeness (QED) is 0.599. The summed E-state index contributed by atoms with van der Waals surface area (Å²) in [6.07, 6.45) is 4.27. The normalized spacial score (nSPS) is 18.1. The Labute approximate surface area is 124 Å². The first-order valence-corrected chi connectivity index (χ1v) is 8.24. The largest absolute Gasteiger partial charge is 0.399 e. The number of benzene rings is 1. The SMILES string of the molecule is Nc1ccc(NC(=O)CCCSCC2CCCO2)cc1. The molecule has 0 radical (unpaired) electrons. The number of nitrogens with one attached hydrogen (secondary N) is 1. The lowest BCUT2D eigenvalue weighted by Crippen LogP contribution is -2.12. The predicted octanol–water partition coefficient (Wildman–Crippen LogP) is 2.90. The van der Waals surface area contributed by atoms with E-state index in [0.717, 1.165) is 30.2 Å². The number of hydrogen-bond acceptors (Lipinski definition) is 4. The van der Waals surface area contributed by atoms with Crippen LogP contribution in [-0.2, 0) is 9.53 Å². The number of hydrogen-bond donors (Lipinski definition) is 2. The molecule has 20 heavy (non-hydrogen) atoms. The Hall–Kier alpha value is -1.20. The van der Waals surface area contributed by atoms with E-state index in [9.17, 15) is 4.79 Å². The Balaban J connectivity index is 1.54. The molecule has 1 amide bonds. The van der Waals surface area contributed by atoms with Gasteiger partial charge in [0.25, 0.3) is 0 Å². The zero-order valence-corrected chi connectivity index (χ0v) is 12.5. The van der Waals surface area contributed by atoms with Gasteiger partial charge in [0.1, 0.15) is 0 Å². The Morgan fingerprint density at radius 1 is 1.40 bits per heavy atom. The summed E-state index contributed by atoms with van der Waals surface area (Å²) >= 11 is 1.88. The second-order valence-corrected chi connectivity index (χ2v) is 6.13. The van der Waals surface area contributed by atoms with E-state index >= 15 is 0 Å². The number of carbonyl (C=O) groups excluding carboxylic acids is 1. The average Bonchev–Trinajstić information content (AvgIpc) is 2.94. The third-order valence-corrected chi connectivity index (χ3v) is 4.40. The number of carbonyl (C=O) groups is 1. The first-order valence-electron chi connectivity index (χ1n) is 7.09. The van der Waals surface area contributed by atoms with Crippen LogP contribution in [0.4, 0.5) is 11.4 Å². The van der Waals surface area contributed by atoms with Gasteiger partial charge < -0.3 is 15.8 Å². The van der Waals surface area contributed by atoms with Gasteiger partial charge in [0.05, 0.1) is 6.10 Å². The van der Waals surface area contributed by atoms with E-state index in [2.05, 4.69) is 5.32 Å². The molecule has 1 aromatic carbocycles. The van der Waals surface area contributed by atoms with Crippen molar-refractivity contribution in [2.24, 2.45) is 0 Å². The van der Waals surface area contributed by atoms with Crippen molar-refractivity contribution >= 4 is 29.0 Å². The summed E-state index contributed by atoms with van der Waals surface area (Å²) in [6.45, 7) is 0.912. The van der Waals surface area contributed by atoms with Crippen LogP contribution < -0.4 is 11.1 Å². The number of rotatable bonds is 7. The van der Waals surface area contributed by atoms with E-state index in [4.69, 9.17) is 10.5 Å². The monoisotopic (exact) mass is 294 g/mol. The van der Waals surface area contributed by atoms with E-state index < -0.39 is 0 Å². The summed E-state index contributed by atoms with van der Waals surface area (Å²) in [5.74, 6) is 2.13. The van der Waals surface area contributed by atoms with Gasteiger partial charge in [0.2, 0.25) is 5.91 Å². The molecule has 1 saturated heterocycles. The van der Waals surface area contributed by atoms with Crippen LogP contribution in [0.5, 0.6) is 0 Å². The molecule has 4 nitrogen and oxygen atoms in total. The fourth-order valence-electron chi connectivity index (χ4n) is 2.12. The number of nitrogens with two attached hydrogens (primary N) is 1. The van der Waals surface area contributed by atoms with E-state index in [1.165, 1.54) is 12.8 Å². The molecule has 1 fully saturated rings. The first-order chi connectivity index (χ1) is 9.74. The topological polar surface area (TPSA) is 64.3 Å². The third kappa shape index (κ3) is 5.43. The van der Waals surface area contributed by atoms with Crippen LogP contribution in [0.25, 0.3) is 0 Å². The lowest BCUT2D eigenvalue weighted by atomic mass is 10.2. The summed E-state index contributed by atoms with van der Waals surface area (Å²) < 4.78 is 5.56. The molecule has 2 rings (SSSR count). The highest BCUT2D eigenvalue weighted by Gasteiger charge is 2.14. The average molecular weight is 294 g/mol. The standard InChI is InChI=1S/C15H22N2O2S/c16-12-5-7-13(8-6-12)17-15(18)4-2-10-20-11-14-3-1-9-19-14/h5-8,14H,1-4,9-11,16H2,(H,17,18). The van der Waals surface area contributed by atoms with Crippen molar-refractivity contribution < 1.29 is 9.53 Å². The maximum absolute atomic E-state index is 11.7. The molecule has 0 aliphatic carbocycles. The molecule has 0 aromatic heterocycles. The second kappa shape index (κ2) is 8.17. The number of nitrogen functional groups attached to an aromatic ring is 1. The fourth-order valence-corrected chi connectivity index (χ4v) is 3.16. The minimum Gasteiger partial charge on any atom is -0.399 e. The van der Waals surface area contributed by atoms with Gasteiger partial charge in [0, 0.05) is 30.2 Å². The summed E-state index contributed by atoms with van der Waals surface area (Å²) in [5, 5.41) is 2.87. The first kappa shape index (κ1) is 15.2. The van der Waals surface area contributed by atoms with Gasteiger partial charge >= 0.3 is 0 Å². The Morgan fingerprint density at radius 2 is 2.20 bits per heavy atom. The molecule has 3 N–H and O–H groups in total. The zero-order valence-electron chi connectivity index (χ0n) is 11.6. The number of amides is 1. The fraction of sp³-hybridized carbons (Fsp3) is 0.533. The van der Waals surface area contributed by atoms with Crippen LogP contribution >= 0.6 is 11.8 Å². The van der Waals surface area contributed by atoms with Crippen LogP contribution in [0.1, 0.15) is 25.7 Å². The smallest absolute Gasteiger partial charge is 0.224 e. The van der Waals surface area contributed by atoms with Gasteiger partial charge in [-0.15, -0.1) is 0 Å². The van der Waals surface area contributed by atoms with Crippen LogP contribution in [0.15, 0.2) is 24.3 Å².